The number of rotatable bonds is 4. The maximum atomic E-state index is 5.17. The number of para-hydroxylation sites is 2. The highest BCUT2D eigenvalue weighted by Crippen LogP contribution is 2.51. The van der Waals surface area contributed by atoms with Crippen LogP contribution in [-0.4, -0.2) is 9.97 Å². The lowest BCUT2D eigenvalue weighted by Gasteiger charge is -2.22. The van der Waals surface area contributed by atoms with Gasteiger partial charge >= 0.3 is 0 Å². The third-order valence-electron chi connectivity index (χ3n) is 14.1. The van der Waals surface area contributed by atoms with Crippen molar-refractivity contribution in [2.24, 2.45) is 0 Å². The molecular formula is C64H38N2. The van der Waals surface area contributed by atoms with Crippen molar-refractivity contribution in [3.63, 3.8) is 0 Å². The van der Waals surface area contributed by atoms with Gasteiger partial charge in [-0.05, 0) is 123 Å². The van der Waals surface area contributed by atoms with E-state index in [1.54, 1.807) is 0 Å². The molecule has 0 fully saturated rings. The molecule has 12 aromatic carbocycles. The van der Waals surface area contributed by atoms with Crippen molar-refractivity contribution in [2.45, 2.75) is 0 Å². The van der Waals surface area contributed by atoms with E-state index in [0.29, 0.717) is 0 Å². The summed E-state index contributed by atoms with van der Waals surface area (Å²) >= 11 is 0. The van der Waals surface area contributed by atoms with E-state index in [1.165, 1.54) is 109 Å². The predicted octanol–water partition coefficient (Wildman–Crippen LogP) is 17.5. The Balaban J connectivity index is 1.09. The fourth-order valence-electron chi connectivity index (χ4n) is 11.2. The molecule has 0 aliphatic heterocycles. The fourth-order valence-corrected chi connectivity index (χ4v) is 11.2. The Morgan fingerprint density at radius 3 is 0.985 bits per heavy atom. The second kappa shape index (κ2) is 14.4. The topological polar surface area (TPSA) is 25.8 Å². The van der Waals surface area contributed by atoms with Crippen LogP contribution >= 0.6 is 0 Å². The van der Waals surface area contributed by atoms with E-state index >= 15 is 0 Å². The normalized spacial score (nSPS) is 11.9. The Morgan fingerprint density at radius 1 is 0.227 bits per heavy atom. The molecule has 14 aromatic rings. The summed E-state index contributed by atoms with van der Waals surface area (Å²) < 4.78 is 0. The van der Waals surface area contributed by atoms with Gasteiger partial charge in [0.1, 0.15) is 0 Å². The molecule has 0 unspecified atom stereocenters. The van der Waals surface area contributed by atoms with Crippen molar-refractivity contribution in [1.82, 2.24) is 9.97 Å². The van der Waals surface area contributed by atoms with E-state index in [9.17, 15) is 0 Å². The van der Waals surface area contributed by atoms with E-state index in [0.717, 1.165) is 32.6 Å². The summed E-state index contributed by atoms with van der Waals surface area (Å²) in [6.07, 6.45) is 4.24. The summed E-state index contributed by atoms with van der Waals surface area (Å²) in [5.74, 6) is 0. The average molecular weight is 835 g/mol. The lowest BCUT2D eigenvalue weighted by atomic mass is 9.81. The Morgan fingerprint density at radius 2 is 0.561 bits per heavy atom. The van der Waals surface area contributed by atoms with Crippen LogP contribution < -0.4 is 0 Å². The number of hydrogen-bond donors (Lipinski definition) is 0. The number of aromatic nitrogens is 2. The molecule has 0 bridgehead atoms. The molecule has 0 amide bonds. The van der Waals surface area contributed by atoms with Gasteiger partial charge in [0, 0.05) is 44.7 Å². The summed E-state index contributed by atoms with van der Waals surface area (Å²) in [6, 6.07) is 80.0. The number of nitrogens with zero attached hydrogens (tertiary/aromatic N) is 2. The van der Waals surface area contributed by atoms with Crippen LogP contribution in [0.3, 0.4) is 0 Å². The van der Waals surface area contributed by atoms with Gasteiger partial charge in [0.05, 0.1) is 11.0 Å². The maximum Gasteiger partial charge on any atom is 0.0708 e. The SMILES string of the molecule is c1ccc2cc(-c3c4ccccc4c(-c4ccc(-c5c6ccccc6c(-c6ccc7ccccc7c6)c6c5cnc5ccccc56)c5ccccc45)c4cnc5ccccc5c34)ccc2c1. The largest absolute Gasteiger partial charge is 0.256 e. The van der Waals surface area contributed by atoms with Gasteiger partial charge in [0.15, 0.2) is 0 Å². The highest BCUT2D eigenvalue weighted by atomic mass is 14.7. The fraction of sp³-hybridized carbons (Fsp3) is 0. The zero-order chi connectivity index (χ0) is 43.3. The Bertz CT molecular complexity index is 4070. The third-order valence-corrected chi connectivity index (χ3v) is 14.1. The molecule has 0 radical (unpaired) electrons. The molecule has 304 valence electrons. The van der Waals surface area contributed by atoms with Crippen LogP contribution in [0.4, 0.5) is 0 Å². The van der Waals surface area contributed by atoms with E-state index in [-0.39, 0.29) is 0 Å². The summed E-state index contributed by atoms with van der Waals surface area (Å²) in [4.78, 5) is 10.3. The Hall–Kier alpha value is -8.72. The molecule has 66 heavy (non-hydrogen) atoms. The molecule has 14 rings (SSSR count). The van der Waals surface area contributed by atoms with Gasteiger partial charge in [0.2, 0.25) is 0 Å². The molecular weight excluding hydrogens is 797 g/mol. The van der Waals surface area contributed by atoms with Gasteiger partial charge in [-0.2, -0.15) is 0 Å². The van der Waals surface area contributed by atoms with Crippen LogP contribution in [0.25, 0.3) is 142 Å². The van der Waals surface area contributed by atoms with Crippen LogP contribution in [0.15, 0.2) is 231 Å². The summed E-state index contributed by atoms with van der Waals surface area (Å²) in [5, 5.41) is 19.2. The van der Waals surface area contributed by atoms with E-state index in [2.05, 4.69) is 231 Å². The first-order valence-corrected chi connectivity index (χ1v) is 22.7. The molecule has 2 nitrogen and oxygen atoms in total. The lowest BCUT2D eigenvalue weighted by Crippen LogP contribution is -1.96. The summed E-state index contributed by atoms with van der Waals surface area (Å²) in [5.41, 5.74) is 11.6. The lowest BCUT2D eigenvalue weighted by molar-refractivity contribution is 1.45. The van der Waals surface area contributed by atoms with Crippen molar-refractivity contribution >= 4 is 97.2 Å². The number of benzene rings is 12. The highest BCUT2D eigenvalue weighted by Gasteiger charge is 2.24. The quantitative estimate of drug-likeness (QED) is 0.130. The monoisotopic (exact) mass is 834 g/mol. The van der Waals surface area contributed by atoms with Gasteiger partial charge in [-0.15, -0.1) is 0 Å². The van der Waals surface area contributed by atoms with Gasteiger partial charge in [-0.3, -0.25) is 9.97 Å². The van der Waals surface area contributed by atoms with Gasteiger partial charge in [-0.1, -0.05) is 194 Å². The molecule has 0 aliphatic carbocycles. The minimum absolute atomic E-state index is 0.987. The van der Waals surface area contributed by atoms with Crippen LogP contribution in [0, 0.1) is 0 Å². The minimum atomic E-state index is 0.987. The van der Waals surface area contributed by atoms with Crippen molar-refractivity contribution in [3.8, 4) is 44.5 Å². The molecule has 0 atom stereocenters. The molecule has 2 heteroatoms. The molecule has 0 saturated heterocycles. The Labute approximate surface area is 380 Å². The molecule has 2 aromatic heterocycles. The van der Waals surface area contributed by atoms with Gasteiger partial charge < -0.3 is 0 Å². The molecule has 0 N–H and O–H groups in total. The van der Waals surface area contributed by atoms with Crippen molar-refractivity contribution in [2.75, 3.05) is 0 Å². The Kier molecular flexibility index (Phi) is 8.02. The van der Waals surface area contributed by atoms with Gasteiger partial charge in [-0.25, -0.2) is 0 Å². The van der Waals surface area contributed by atoms with Crippen molar-refractivity contribution in [3.05, 3.63) is 231 Å². The zero-order valence-electron chi connectivity index (χ0n) is 35.8. The van der Waals surface area contributed by atoms with Crippen LogP contribution in [0.2, 0.25) is 0 Å². The minimum Gasteiger partial charge on any atom is -0.256 e. The number of pyridine rings is 2. The maximum absolute atomic E-state index is 5.17. The second-order valence-corrected chi connectivity index (χ2v) is 17.5. The first-order chi connectivity index (χ1) is 32.8. The van der Waals surface area contributed by atoms with Crippen LogP contribution in [-0.2, 0) is 0 Å². The van der Waals surface area contributed by atoms with E-state index in [4.69, 9.17) is 9.97 Å². The number of hydrogen-bond acceptors (Lipinski definition) is 2. The highest BCUT2D eigenvalue weighted by molar-refractivity contribution is 6.32. The summed E-state index contributed by atoms with van der Waals surface area (Å²) in [6.45, 7) is 0. The van der Waals surface area contributed by atoms with Crippen LogP contribution in [0.1, 0.15) is 0 Å². The average Bonchev–Trinajstić information content (AvgIpc) is 3.39. The molecule has 0 aliphatic rings. The first-order valence-electron chi connectivity index (χ1n) is 22.7. The third kappa shape index (κ3) is 5.42. The van der Waals surface area contributed by atoms with E-state index < -0.39 is 0 Å². The van der Waals surface area contributed by atoms with Crippen molar-refractivity contribution in [1.29, 1.82) is 0 Å². The van der Waals surface area contributed by atoms with Crippen LogP contribution in [0.5, 0.6) is 0 Å². The van der Waals surface area contributed by atoms with E-state index in [1.807, 2.05) is 0 Å². The zero-order valence-corrected chi connectivity index (χ0v) is 35.8. The number of fused-ring (bicyclic) bond motifs is 11. The smallest absolute Gasteiger partial charge is 0.0708 e. The summed E-state index contributed by atoms with van der Waals surface area (Å²) in [7, 11) is 0. The molecule has 2 heterocycles. The van der Waals surface area contributed by atoms with Gasteiger partial charge in [0.25, 0.3) is 0 Å². The van der Waals surface area contributed by atoms with Crippen molar-refractivity contribution < 1.29 is 0 Å². The molecule has 0 spiro atoms. The second-order valence-electron chi connectivity index (χ2n) is 17.5. The standard InChI is InChI=1S/C64H38N2/c1-3-17-41-35-43(31-29-39(41)15-1)59-47-21-7-9-23-49(47)61(55-37-65-57-27-13-11-25-53(57)63(55)59)51-33-34-52(46-20-6-5-19-45(46)51)62-50-24-10-8-22-48(50)60(44-32-30-40-16-2-4-18-42(40)36-44)64-54-26-12-14-28-58(54)66-38-56(62)64/h1-38H. The predicted molar refractivity (Wildman–Crippen MR) is 281 cm³/mol. The first kappa shape index (κ1) is 36.7. The molecule has 0 saturated carbocycles.